The Bertz CT molecular complexity index is 504. The summed E-state index contributed by atoms with van der Waals surface area (Å²) in [4.78, 5) is 3.26. The van der Waals surface area contributed by atoms with E-state index in [9.17, 15) is 0 Å². The molecule has 1 aromatic rings. The lowest BCUT2D eigenvalue weighted by Crippen LogP contribution is -1.90. The molecule has 0 aliphatic rings. The topological polar surface area (TPSA) is 0 Å². The summed E-state index contributed by atoms with van der Waals surface area (Å²) in [5.41, 5.74) is 2.57. The van der Waals surface area contributed by atoms with Crippen molar-refractivity contribution in [3.63, 3.8) is 0 Å². The van der Waals surface area contributed by atoms with Crippen LogP contribution in [-0.4, -0.2) is 0 Å². The van der Waals surface area contributed by atoms with E-state index in [1.165, 1.54) is 16.0 Å². The minimum Gasteiger partial charge on any atom is -0.142 e. The average Bonchev–Trinajstić information content (AvgIpc) is 2.31. The first-order chi connectivity index (χ1) is 8.91. The van der Waals surface area contributed by atoms with Gasteiger partial charge in [0, 0.05) is 14.7 Å². The molecule has 0 spiro atoms. The Morgan fingerprint density at radius 2 is 2.00 bits per heavy atom. The van der Waals surface area contributed by atoms with Crippen molar-refractivity contribution in [2.45, 2.75) is 43.4 Å². The summed E-state index contributed by atoms with van der Waals surface area (Å²) in [5.74, 6) is 0.488. The molecule has 0 saturated carbocycles. The minimum absolute atomic E-state index is 0.488. The SMILES string of the molecule is C=C(/C=C\C=C(C)C)Sc1cccc(C(C)C)c1S. The Labute approximate surface area is 127 Å². The van der Waals surface area contributed by atoms with Crippen LogP contribution in [0.4, 0.5) is 0 Å². The van der Waals surface area contributed by atoms with Gasteiger partial charge in [-0.3, -0.25) is 0 Å². The fraction of sp³-hybridized carbons (Fsp3) is 0.294. The zero-order valence-corrected chi connectivity index (χ0v) is 13.8. The largest absolute Gasteiger partial charge is 0.142 e. The molecule has 0 unspecified atom stereocenters. The molecule has 19 heavy (non-hydrogen) atoms. The van der Waals surface area contributed by atoms with Gasteiger partial charge in [0.2, 0.25) is 0 Å². The normalized spacial score (nSPS) is 11.1. The van der Waals surface area contributed by atoms with Gasteiger partial charge in [0.1, 0.15) is 0 Å². The molecule has 0 N–H and O–H groups in total. The zero-order chi connectivity index (χ0) is 14.4. The number of hydrogen-bond donors (Lipinski definition) is 1. The highest BCUT2D eigenvalue weighted by atomic mass is 32.2. The molecule has 0 nitrogen and oxygen atoms in total. The van der Waals surface area contributed by atoms with Crippen molar-refractivity contribution in [1.29, 1.82) is 0 Å². The Hall–Kier alpha value is -0.860. The number of thioether (sulfide) groups is 1. The molecule has 1 aromatic carbocycles. The van der Waals surface area contributed by atoms with Crippen molar-refractivity contribution in [2.75, 3.05) is 0 Å². The van der Waals surface area contributed by atoms with Gasteiger partial charge in [0.25, 0.3) is 0 Å². The predicted octanol–water partition coefficient (Wildman–Crippen LogP) is 6.23. The van der Waals surface area contributed by atoms with Crippen LogP contribution in [0.2, 0.25) is 0 Å². The van der Waals surface area contributed by atoms with E-state index in [4.69, 9.17) is 0 Å². The van der Waals surface area contributed by atoms with E-state index in [-0.39, 0.29) is 0 Å². The molecular weight excluding hydrogens is 268 g/mol. The van der Waals surface area contributed by atoms with Gasteiger partial charge in [-0.05, 0) is 37.5 Å². The van der Waals surface area contributed by atoms with E-state index in [0.29, 0.717) is 5.92 Å². The van der Waals surface area contributed by atoms with Gasteiger partial charge in [-0.15, -0.1) is 12.6 Å². The van der Waals surface area contributed by atoms with Crippen molar-refractivity contribution in [2.24, 2.45) is 0 Å². The van der Waals surface area contributed by atoms with Crippen LogP contribution in [0.25, 0.3) is 0 Å². The number of allylic oxidation sites excluding steroid dienone is 4. The Morgan fingerprint density at radius 3 is 2.58 bits per heavy atom. The molecule has 0 aliphatic heterocycles. The van der Waals surface area contributed by atoms with Crippen molar-refractivity contribution >= 4 is 24.4 Å². The Balaban J connectivity index is 2.83. The van der Waals surface area contributed by atoms with Crippen LogP contribution in [-0.2, 0) is 0 Å². The third-order valence-electron chi connectivity index (χ3n) is 2.60. The van der Waals surface area contributed by atoms with Crippen LogP contribution >= 0.6 is 24.4 Å². The van der Waals surface area contributed by atoms with E-state index in [2.05, 4.69) is 71.2 Å². The number of benzene rings is 1. The molecule has 0 fully saturated rings. The molecule has 1 rings (SSSR count). The van der Waals surface area contributed by atoms with Gasteiger partial charge in [-0.1, -0.05) is 62.0 Å². The molecule has 0 heterocycles. The maximum atomic E-state index is 4.65. The first-order valence-electron chi connectivity index (χ1n) is 6.42. The lowest BCUT2D eigenvalue weighted by atomic mass is 10.0. The fourth-order valence-electron chi connectivity index (χ4n) is 1.61. The van der Waals surface area contributed by atoms with E-state index in [0.717, 1.165) is 9.80 Å². The van der Waals surface area contributed by atoms with Gasteiger partial charge < -0.3 is 0 Å². The van der Waals surface area contributed by atoms with Gasteiger partial charge in [0.05, 0.1) is 0 Å². The number of rotatable bonds is 5. The van der Waals surface area contributed by atoms with Crippen LogP contribution in [0.15, 0.2) is 63.3 Å². The van der Waals surface area contributed by atoms with Gasteiger partial charge >= 0.3 is 0 Å². The molecule has 0 amide bonds. The summed E-state index contributed by atoms with van der Waals surface area (Å²) in [7, 11) is 0. The zero-order valence-electron chi connectivity index (χ0n) is 12.1. The van der Waals surface area contributed by atoms with Crippen LogP contribution in [0.1, 0.15) is 39.2 Å². The summed E-state index contributed by atoms with van der Waals surface area (Å²) in [6.07, 6.45) is 6.15. The third-order valence-corrected chi connectivity index (χ3v) is 4.21. The maximum Gasteiger partial charge on any atom is 0.0258 e. The maximum absolute atomic E-state index is 4.65. The third kappa shape index (κ3) is 5.33. The molecular formula is C17H22S2. The van der Waals surface area contributed by atoms with Crippen molar-refractivity contribution in [3.8, 4) is 0 Å². The molecule has 0 aromatic heterocycles. The van der Waals surface area contributed by atoms with Crippen molar-refractivity contribution < 1.29 is 0 Å². The van der Waals surface area contributed by atoms with E-state index >= 15 is 0 Å². The molecule has 0 bridgehead atoms. The summed E-state index contributed by atoms with van der Waals surface area (Å²) in [5, 5.41) is 0. The van der Waals surface area contributed by atoms with Crippen LogP contribution in [0, 0.1) is 0 Å². The molecule has 0 atom stereocenters. The standard InChI is InChI=1S/C17H22S2/c1-12(2)8-6-9-14(5)19-16-11-7-10-15(13(3)4)17(16)18/h6-11,13,18H,5H2,1-4H3/b9-6-. The van der Waals surface area contributed by atoms with Crippen LogP contribution in [0.5, 0.6) is 0 Å². The van der Waals surface area contributed by atoms with Gasteiger partial charge in [-0.2, -0.15) is 0 Å². The van der Waals surface area contributed by atoms with E-state index in [1.807, 2.05) is 12.2 Å². The molecule has 0 radical (unpaired) electrons. The smallest absolute Gasteiger partial charge is 0.0258 e. The van der Waals surface area contributed by atoms with Crippen LogP contribution in [0.3, 0.4) is 0 Å². The molecule has 0 saturated heterocycles. The van der Waals surface area contributed by atoms with Crippen LogP contribution < -0.4 is 0 Å². The second-order valence-electron chi connectivity index (χ2n) is 5.02. The fourth-order valence-corrected chi connectivity index (χ4v) is 2.95. The highest BCUT2D eigenvalue weighted by molar-refractivity contribution is 8.03. The minimum atomic E-state index is 0.488. The van der Waals surface area contributed by atoms with Gasteiger partial charge in [0.15, 0.2) is 0 Å². The second-order valence-corrected chi connectivity index (χ2v) is 6.64. The summed E-state index contributed by atoms with van der Waals surface area (Å²) in [6, 6.07) is 6.32. The van der Waals surface area contributed by atoms with Crippen molar-refractivity contribution in [1.82, 2.24) is 0 Å². The molecule has 2 heteroatoms. The monoisotopic (exact) mass is 290 g/mol. The first kappa shape index (κ1) is 16.2. The lowest BCUT2D eigenvalue weighted by molar-refractivity contribution is 0.832. The quantitative estimate of drug-likeness (QED) is 0.381. The Kier molecular flexibility index (Phi) is 6.53. The molecule has 102 valence electrons. The van der Waals surface area contributed by atoms with E-state index < -0.39 is 0 Å². The lowest BCUT2D eigenvalue weighted by Gasteiger charge is -2.12. The number of thiol groups is 1. The highest BCUT2D eigenvalue weighted by Crippen LogP contribution is 2.35. The molecule has 0 aliphatic carbocycles. The Morgan fingerprint density at radius 1 is 1.32 bits per heavy atom. The summed E-state index contributed by atoms with van der Waals surface area (Å²) in [6.45, 7) is 12.6. The van der Waals surface area contributed by atoms with Gasteiger partial charge in [-0.25, -0.2) is 0 Å². The summed E-state index contributed by atoms with van der Waals surface area (Å²) >= 11 is 6.32. The number of hydrogen-bond acceptors (Lipinski definition) is 2. The second kappa shape index (κ2) is 7.66. The van der Waals surface area contributed by atoms with E-state index in [1.54, 1.807) is 11.8 Å². The average molecular weight is 290 g/mol. The van der Waals surface area contributed by atoms with Crippen molar-refractivity contribution in [3.05, 3.63) is 59.0 Å². The highest BCUT2D eigenvalue weighted by Gasteiger charge is 2.08. The first-order valence-corrected chi connectivity index (χ1v) is 7.68. The summed E-state index contributed by atoms with van der Waals surface area (Å²) < 4.78 is 0. The predicted molar refractivity (Wildman–Crippen MR) is 91.4 cm³/mol.